The molecule has 0 aromatic rings. The molecule has 7 heavy (non-hydrogen) atoms. The molecular formula is C3H7ClN2O. The Balaban J connectivity index is 3.35. The van der Waals surface area contributed by atoms with E-state index in [-0.39, 0.29) is 5.91 Å². The topological polar surface area (TPSA) is 55.1 Å². The average Bonchev–Trinajstić information content (AvgIpc) is 1.65. The molecule has 1 atom stereocenters. The normalized spacial score (nSPS) is 13.0. The molecule has 0 aromatic carbocycles. The number of hydrogen-bond acceptors (Lipinski definition) is 2. The minimum atomic E-state index is -0.516. The summed E-state index contributed by atoms with van der Waals surface area (Å²) in [5.41, 5.74) is 5.05. The largest absolute Gasteiger partial charge is 0.320 e. The smallest absolute Gasteiger partial charge is 0.250 e. The van der Waals surface area contributed by atoms with Gasteiger partial charge in [0.15, 0.2) is 0 Å². The summed E-state index contributed by atoms with van der Waals surface area (Å²) in [5.74, 6) is -0.360. The molecule has 0 rings (SSSR count). The zero-order valence-corrected chi connectivity index (χ0v) is 4.70. The molecule has 4 heteroatoms. The van der Waals surface area contributed by atoms with Crippen molar-refractivity contribution in [2.75, 3.05) is 0 Å². The first-order chi connectivity index (χ1) is 3.18. The van der Waals surface area contributed by atoms with Crippen LogP contribution in [0.1, 0.15) is 6.92 Å². The summed E-state index contributed by atoms with van der Waals surface area (Å²) in [4.78, 5) is 12.0. The summed E-state index contributed by atoms with van der Waals surface area (Å²) in [7, 11) is 0. The van der Waals surface area contributed by atoms with Crippen molar-refractivity contribution in [2.24, 2.45) is 5.73 Å². The minimum absolute atomic E-state index is 0.360. The van der Waals surface area contributed by atoms with Gasteiger partial charge < -0.3 is 5.73 Å². The number of rotatable bonds is 1. The van der Waals surface area contributed by atoms with Crippen LogP contribution in [0, 0.1) is 0 Å². The summed E-state index contributed by atoms with van der Waals surface area (Å²) in [6.07, 6.45) is 0. The van der Waals surface area contributed by atoms with E-state index in [9.17, 15) is 4.79 Å². The minimum Gasteiger partial charge on any atom is -0.320 e. The number of nitrogens with two attached hydrogens (primary N) is 1. The number of halogens is 1. The molecule has 0 aliphatic rings. The first-order valence-corrected chi connectivity index (χ1v) is 2.22. The van der Waals surface area contributed by atoms with Crippen molar-refractivity contribution in [3.63, 3.8) is 0 Å². The standard InChI is InChI=1S/C3H7ClN2O/c1-2(5)3(7)6-4/h2H,5H2,1H3,(H,6,7)/t2-/m0/s1. The molecule has 0 aliphatic heterocycles. The van der Waals surface area contributed by atoms with Crippen LogP contribution in [0.25, 0.3) is 0 Å². The molecular weight excluding hydrogens is 115 g/mol. The maximum Gasteiger partial charge on any atom is 0.250 e. The van der Waals surface area contributed by atoms with Crippen LogP contribution in [0.5, 0.6) is 0 Å². The molecule has 42 valence electrons. The van der Waals surface area contributed by atoms with Crippen LogP contribution < -0.4 is 10.6 Å². The van der Waals surface area contributed by atoms with Crippen molar-refractivity contribution in [2.45, 2.75) is 13.0 Å². The van der Waals surface area contributed by atoms with E-state index < -0.39 is 6.04 Å². The molecule has 0 aromatic heterocycles. The first kappa shape index (κ1) is 6.72. The lowest BCUT2D eigenvalue weighted by molar-refractivity contribution is -0.120. The maximum absolute atomic E-state index is 10.1. The number of amides is 1. The Labute approximate surface area is 46.9 Å². The molecule has 0 aliphatic carbocycles. The Morgan fingerprint density at radius 2 is 2.43 bits per heavy atom. The van der Waals surface area contributed by atoms with Gasteiger partial charge in [0.05, 0.1) is 6.04 Å². The Bertz CT molecular complexity index is 73.3. The Morgan fingerprint density at radius 1 is 2.00 bits per heavy atom. The predicted octanol–water partition coefficient (Wildman–Crippen LogP) is -0.396. The van der Waals surface area contributed by atoms with Crippen molar-refractivity contribution < 1.29 is 4.79 Å². The zero-order chi connectivity index (χ0) is 5.86. The van der Waals surface area contributed by atoms with E-state index in [1.54, 1.807) is 6.92 Å². The van der Waals surface area contributed by atoms with Crippen LogP contribution in [0.3, 0.4) is 0 Å². The molecule has 0 radical (unpaired) electrons. The van der Waals surface area contributed by atoms with Crippen LogP contribution in [-0.2, 0) is 4.79 Å². The van der Waals surface area contributed by atoms with Gasteiger partial charge >= 0.3 is 0 Å². The molecule has 0 saturated heterocycles. The van der Waals surface area contributed by atoms with Crippen molar-refractivity contribution in [3.8, 4) is 0 Å². The van der Waals surface area contributed by atoms with Crippen molar-refractivity contribution in [3.05, 3.63) is 0 Å². The maximum atomic E-state index is 10.1. The quantitative estimate of drug-likeness (QED) is 0.465. The van der Waals surface area contributed by atoms with Gasteiger partial charge in [0.2, 0.25) is 0 Å². The highest BCUT2D eigenvalue weighted by molar-refractivity contribution is 6.22. The van der Waals surface area contributed by atoms with E-state index in [0.29, 0.717) is 0 Å². The summed E-state index contributed by atoms with van der Waals surface area (Å²) < 4.78 is 0. The van der Waals surface area contributed by atoms with E-state index in [0.717, 1.165) is 0 Å². The lowest BCUT2D eigenvalue weighted by Crippen LogP contribution is -2.33. The zero-order valence-electron chi connectivity index (χ0n) is 3.94. The van der Waals surface area contributed by atoms with Crippen LogP contribution in [0.4, 0.5) is 0 Å². The van der Waals surface area contributed by atoms with Crippen LogP contribution in [0.15, 0.2) is 0 Å². The molecule has 0 heterocycles. The van der Waals surface area contributed by atoms with E-state index >= 15 is 0 Å². The number of nitrogens with one attached hydrogen (secondary N) is 1. The van der Waals surface area contributed by atoms with Crippen molar-refractivity contribution >= 4 is 17.7 Å². The average molecular weight is 123 g/mol. The molecule has 3 nitrogen and oxygen atoms in total. The summed E-state index contributed by atoms with van der Waals surface area (Å²) in [6.45, 7) is 1.55. The fraction of sp³-hybridized carbons (Fsp3) is 0.667. The molecule has 0 bridgehead atoms. The third-order valence-electron chi connectivity index (χ3n) is 0.507. The van der Waals surface area contributed by atoms with Crippen LogP contribution in [0.2, 0.25) is 0 Å². The predicted molar refractivity (Wildman–Crippen MR) is 27.6 cm³/mol. The first-order valence-electron chi connectivity index (χ1n) is 1.84. The molecule has 0 saturated carbocycles. The highest BCUT2D eigenvalue weighted by Gasteiger charge is 2.02. The van der Waals surface area contributed by atoms with Gasteiger partial charge in [-0.2, -0.15) is 0 Å². The molecule has 0 spiro atoms. The Hall–Kier alpha value is -0.280. The molecule has 0 unspecified atom stereocenters. The lowest BCUT2D eigenvalue weighted by Gasteiger charge is -1.97. The lowest BCUT2D eigenvalue weighted by atomic mass is 10.4. The third-order valence-corrected chi connectivity index (χ3v) is 0.693. The molecule has 1 amide bonds. The second-order valence-electron chi connectivity index (χ2n) is 1.25. The summed E-state index contributed by atoms with van der Waals surface area (Å²) in [6, 6.07) is -0.516. The van der Waals surface area contributed by atoms with Gasteiger partial charge in [-0.15, -0.1) is 0 Å². The highest BCUT2D eigenvalue weighted by atomic mass is 35.5. The Kier molecular flexibility index (Phi) is 2.71. The van der Waals surface area contributed by atoms with Crippen LogP contribution in [-0.4, -0.2) is 11.9 Å². The van der Waals surface area contributed by atoms with Gasteiger partial charge in [0, 0.05) is 11.8 Å². The molecule has 3 N–H and O–H groups in total. The van der Waals surface area contributed by atoms with Gasteiger partial charge in [-0.05, 0) is 6.92 Å². The number of hydrogen-bond donors (Lipinski definition) is 2. The van der Waals surface area contributed by atoms with E-state index in [4.69, 9.17) is 17.5 Å². The van der Waals surface area contributed by atoms with E-state index in [1.165, 1.54) is 0 Å². The van der Waals surface area contributed by atoms with E-state index in [2.05, 4.69) is 0 Å². The number of carbonyl (C=O) groups excluding carboxylic acids is 1. The number of carbonyl (C=O) groups is 1. The Morgan fingerprint density at radius 3 is 2.43 bits per heavy atom. The van der Waals surface area contributed by atoms with Gasteiger partial charge in [-0.3, -0.25) is 9.63 Å². The van der Waals surface area contributed by atoms with E-state index in [1.807, 2.05) is 4.84 Å². The molecule has 0 fully saturated rings. The fourth-order valence-corrected chi connectivity index (χ4v) is 0.258. The van der Waals surface area contributed by atoms with Gasteiger partial charge in [-0.25, -0.2) is 0 Å². The SMILES string of the molecule is C[C@H](N)C(=O)NCl. The summed E-state index contributed by atoms with van der Waals surface area (Å²) in [5, 5.41) is 0. The second-order valence-corrected chi connectivity index (χ2v) is 1.44. The highest BCUT2D eigenvalue weighted by Crippen LogP contribution is 1.73. The van der Waals surface area contributed by atoms with Crippen molar-refractivity contribution in [1.82, 2.24) is 4.84 Å². The third kappa shape index (κ3) is 2.42. The van der Waals surface area contributed by atoms with Gasteiger partial charge in [0.25, 0.3) is 5.91 Å². The monoisotopic (exact) mass is 122 g/mol. The fourth-order valence-electron chi connectivity index (χ4n) is 0.0861. The second kappa shape index (κ2) is 2.82. The van der Waals surface area contributed by atoms with Gasteiger partial charge in [-0.1, -0.05) is 0 Å². The van der Waals surface area contributed by atoms with Crippen LogP contribution >= 0.6 is 11.8 Å². The van der Waals surface area contributed by atoms with Gasteiger partial charge in [0.1, 0.15) is 0 Å². The van der Waals surface area contributed by atoms with Crippen molar-refractivity contribution in [1.29, 1.82) is 0 Å². The summed E-state index contributed by atoms with van der Waals surface area (Å²) >= 11 is 4.87.